The fourth-order valence-electron chi connectivity index (χ4n) is 2.88. The summed E-state index contributed by atoms with van der Waals surface area (Å²) in [7, 11) is 0. The number of piperidine rings is 1. The van der Waals surface area contributed by atoms with Gasteiger partial charge in [0.15, 0.2) is 0 Å². The maximum Gasteiger partial charge on any atom is 0.232 e. The summed E-state index contributed by atoms with van der Waals surface area (Å²) in [5.74, 6) is 1.18. The average molecular weight is 293 g/mol. The van der Waals surface area contributed by atoms with Crippen molar-refractivity contribution in [1.29, 1.82) is 0 Å². The fourth-order valence-corrected chi connectivity index (χ4v) is 3.29. The molecule has 1 unspecified atom stereocenters. The predicted octanol–water partition coefficient (Wildman–Crippen LogP) is 3.07. The van der Waals surface area contributed by atoms with E-state index in [0.29, 0.717) is 17.5 Å². The Labute approximate surface area is 125 Å². The average Bonchev–Trinajstić information content (AvgIpc) is 2.46. The van der Waals surface area contributed by atoms with Gasteiger partial charge in [0.05, 0.1) is 5.75 Å². The lowest BCUT2D eigenvalue weighted by atomic mass is 9.96. The molecular formula is C16H23NO2S. The Hall–Kier alpha value is -1.16. The van der Waals surface area contributed by atoms with Crippen LogP contribution in [0.1, 0.15) is 31.2 Å². The highest BCUT2D eigenvalue weighted by atomic mass is 32.2. The molecule has 0 saturated carbocycles. The summed E-state index contributed by atoms with van der Waals surface area (Å²) in [6.07, 6.45) is 7.34. The van der Waals surface area contributed by atoms with Gasteiger partial charge in [0.2, 0.25) is 5.91 Å². The van der Waals surface area contributed by atoms with E-state index in [4.69, 9.17) is 0 Å². The van der Waals surface area contributed by atoms with Crippen LogP contribution in [-0.4, -0.2) is 40.5 Å². The zero-order valence-corrected chi connectivity index (χ0v) is 12.9. The summed E-state index contributed by atoms with van der Waals surface area (Å²) < 4.78 is 0. The molecule has 1 aliphatic rings. The van der Waals surface area contributed by atoms with Crippen LogP contribution in [0, 0.1) is 0 Å². The highest BCUT2D eigenvalue weighted by molar-refractivity contribution is 7.99. The summed E-state index contributed by atoms with van der Waals surface area (Å²) in [4.78, 5) is 14.2. The molecule has 20 heavy (non-hydrogen) atoms. The molecule has 110 valence electrons. The van der Waals surface area contributed by atoms with Crippen molar-refractivity contribution in [2.24, 2.45) is 0 Å². The third-order valence-electron chi connectivity index (χ3n) is 3.89. The molecule has 1 heterocycles. The highest BCUT2D eigenvalue weighted by Crippen LogP contribution is 2.23. The monoisotopic (exact) mass is 293 g/mol. The van der Waals surface area contributed by atoms with E-state index in [0.717, 1.165) is 37.8 Å². The van der Waals surface area contributed by atoms with Crippen LogP contribution in [0.15, 0.2) is 24.3 Å². The Morgan fingerprint density at radius 3 is 3.05 bits per heavy atom. The maximum absolute atomic E-state index is 12.1. The molecule has 0 aromatic heterocycles. The normalized spacial score (nSPS) is 19.1. The van der Waals surface area contributed by atoms with Gasteiger partial charge in [0.1, 0.15) is 5.75 Å². The van der Waals surface area contributed by atoms with Gasteiger partial charge >= 0.3 is 0 Å². The van der Waals surface area contributed by atoms with Crippen LogP contribution in [0.25, 0.3) is 0 Å². The van der Waals surface area contributed by atoms with E-state index in [1.807, 2.05) is 24.5 Å². The molecule has 1 aromatic carbocycles. The summed E-state index contributed by atoms with van der Waals surface area (Å²) >= 11 is 1.60. The second kappa shape index (κ2) is 7.58. The molecule has 1 saturated heterocycles. The Morgan fingerprint density at radius 1 is 1.45 bits per heavy atom. The van der Waals surface area contributed by atoms with Crippen LogP contribution in [0.5, 0.6) is 5.75 Å². The van der Waals surface area contributed by atoms with Crippen LogP contribution in [0.3, 0.4) is 0 Å². The van der Waals surface area contributed by atoms with Gasteiger partial charge in [-0.25, -0.2) is 0 Å². The van der Waals surface area contributed by atoms with E-state index in [1.54, 1.807) is 17.8 Å². The molecule has 1 atom stereocenters. The topological polar surface area (TPSA) is 40.5 Å². The number of likely N-dealkylation sites (tertiary alicyclic amines) is 1. The highest BCUT2D eigenvalue weighted by Gasteiger charge is 2.25. The molecule has 2 rings (SSSR count). The number of carbonyl (C=O) groups excluding carboxylic acids is 1. The third-order valence-corrected chi connectivity index (χ3v) is 4.43. The molecule has 1 N–H and O–H groups in total. The first kappa shape index (κ1) is 15.2. The zero-order chi connectivity index (χ0) is 14.4. The second-order valence-electron chi connectivity index (χ2n) is 5.38. The number of aryl methyl sites for hydroxylation is 1. The van der Waals surface area contributed by atoms with E-state index >= 15 is 0 Å². The lowest BCUT2D eigenvalue weighted by molar-refractivity contribution is -0.132. The Balaban J connectivity index is 1.93. The van der Waals surface area contributed by atoms with Crippen LogP contribution in [0.4, 0.5) is 0 Å². The lowest BCUT2D eigenvalue weighted by Crippen LogP contribution is -2.44. The fraction of sp³-hybridized carbons (Fsp3) is 0.562. The van der Waals surface area contributed by atoms with Crippen molar-refractivity contribution in [2.45, 2.75) is 38.1 Å². The minimum absolute atomic E-state index is 0.276. The molecule has 0 spiro atoms. The van der Waals surface area contributed by atoms with Crippen molar-refractivity contribution < 1.29 is 9.90 Å². The number of benzene rings is 1. The number of aromatic hydroxyl groups is 1. The number of hydrogen-bond donors (Lipinski definition) is 1. The van der Waals surface area contributed by atoms with Crippen molar-refractivity contribution in [2.75, 3.05) is 18.6 Å². The Morgan fingerprint density at radius 2 is 2.30 bits per heavy atom. The number of carbonyl (C=O) groups is 1. The second-order valence-corrected chi connectivity index (χ2v) is 6.24. The van der Waals surface area contributed by atoms with Gasteiger partial charge in [-0.3, -0.25) is 4.79 Å². The maximum atomic E-state index is 12.1. The summed E-state index contributed by atoms with van der Waals surface area (Å²) in [6, 6.07) is 7.79. The molecule has 0 radical (unpaired) electrons. The van der Waals surface area contributed by atoms with E-state index in [-0.39, 0.29) is 5.91 Å². The molecule has 0 bridgehead atoms. The summed E-state index contributed by atoms with van der Waals surface area (Å²) in [5, 5.41) is 9.49. The predicted molar refractivity (Wildman–Crippen MR) is 84.2 cm³/mol. The molecule has 1 amide bonds. The molecule has 1 fully saturated rings. The van der Waals surface area contributed by atoms with Gasteiger partial charge in [-0.15, -0.1) is 0 Å². The van der Waals surface area contributed by atoms with Crippen LogP contribution in [0.2, 0.25) is 0 Å². The number of hydrogen-bond acceptors (Lipinski definition) is 3. The lowest BCUT2D eigenvalue weighted by Gasteiger charge is -2.36. The van der Waals surface area contributed by atoms with Crippen molar-refractivity contribution in [3.63, 3.8) is 0 Å². The SMILES string of the molecule is CSCC(=O)N1CCCCC1CCc1cccc(O)c1. The number of rotatable bonds is 5. The van der Waals surface area contributed by atoms with Gasteiger partial charge in [-0.05, 0) is 56.1 Å². The molecule has 3 nitrogen and oxygen atoms in total. The van der Waals surface area contributed by atoms with Crippen LogP contribution < -0.4 is 0 Å². The smallest absolute Gasteiger partial charge is 0.232 e. The minimum Gasteiger partial charge on any atom is -0.508 e. The van der Waals surface area contributed by atoms with Crippen molar-refractivity contribution in [1.82, 2.24) is 4.90 Å². The van der Waals surface area contributed by atoms with Crippen molar-refractivity contribution in [3.8, 4) is 5.75 Å². The van der Waals surface area contributed by atoms with Gasteiger partial charge < -0.3 is 10.0 Å². The van der Waals surface area contributed by atoms with Gasteiger partial charge in [0.25, 0.3) is 0 Å². The first-order chi connectivity index (χ1) is 9.70. The van der Waals surface area contributed by atoms with E-state index in [1.165, 1.54) is 6.42 Å². The first-order valence-corrected chi connectivity index (χ1v) is 8.66. The van der Waals surface area contributed by atoms with E-state index in [9.17, 15) is 9.90 Å². The number of nitrogens with zero attached hydrogens (tertiary/aromatic N) is 1. The van der Waals surface area contributed by atoms with Gasteiger partial charge in [-0.2, -0.15) is 11.8 Å². The quantitative estimate of drug-likeness (QED) is 0.907. The first-order valence-electron chi connectivity index (χ1n) is 7.27. The summed E-state index contributed by atoms with van der Waals surface area (Å²) in [6.45, 7) is 0.907. The van der Waals surface area contributed by atoms with Crippen LogP contribution >= 0.6 is 11.8 Å². The largest absolute Gasteiger partial charge is 0.508 e. The Bertz CT molecular complexity index is 450. The van der Waals surface area contributed by atoms with Crippen molar-refractivity contribution in [3.05, 3.63) is 29.8 Å². The molecule has 1 aliphatic heterocycles. The van der Waals surface area contributed by atoms with E-state index in [2.05, 4.69) is 4.90 Å². The molecular weight excluding hydrogens is 270 g/mol. The third kappa shape index (κ3) is 4.17. The van der Waals surface area contributed by atoms with E-state index < -0.39 is 0 Å². The Kier molecular flexibility index (Phi) is 5.77. The zero-order valence-electron chi connectivity index (χ0n) is 12.0. The molecule has 4 heteroatoms. The van der Waals surface area contributed by atoms with Crippen molar-refractivity contribution >= 4 is 17.7 Å². The van der Waals surface area contributed by atoms with Gasteiger partial charge in [0, 0.05) is 12.6 Å². The van der Waals surface area contributed by atoms with Gasteiger partial charge in [-0.1, -0.05) is 12.1 Å². The summed E-state index contributed by atoms with van der Waals surface area (Å²) in [5.41, 5.74) is 1.15. The minimum atomic E-state index is 0.276. The van der Waals surface area contributed by atoms with Crippen LogP contribution in [-0.2, 0) is 11.2 Å². The molecule has 1 aromatic rings. The molecule has 0 aliphatic carbocycles. The number of thioether (sulfide) groups is 1. The number of amides is 1. The number of phenols is 1. The number of phenolic OH excluding ortho intramolecular Hbond substituents is 1. The standard InChI is InChI=1S/C16H23NO2S/c1-20-12-16(19)17-10-3-2-6-14(17)9-8-13-5-4-7-15(18)11-13/h4-5,7,11,14,18H,2-3,6,8-10,12H2,1H3.